The number of hydrogen-bond acceptors (Lipinski definition) is 3. The van der Waals surface area contributed by atoms with Gasteiger partial charge in [-0.3, -0.25) is 4.90 Å². The Labute approximate surface area is 125 Å². The molecule has 2 heterocycles. The maximum atomic E-state index is 11.3. The van der Waals surface area contributed by atoms with Crippen LogP contribution >= 0.6 is 0 Å². The summed E-state index contributed by atoms with van der Waals surface area (Å²) in [6, 6.07) is 5.60. The van der Waals surface area contributed by atoms with Crippen molar-refractivity contribution in [3.63, 3.8) is 0 Å². The van der Waals surface area contributed by atoms with E-state index in [1.165, 1.54) is 0 Å². The number of hydrogen-bond donors (Lipinski definition) is 1. The molecule has 0 bridgehead atoms. The number of fused-ring (bicyclic) bond motifs is 1. The highest BCUT2D eigenvalue weighted by atomic mass is 16.5. The van der Waals surface area contributed by atoms with Gasteiger partial charge in [0.2, 0.25) is 0 Å². The molecule has 0 spiro atoms. The summed E-state index contributed by atoms with van der Waals surface area (Å²) < 4.78 is 6.07. The fraction of sp³-hybridized carbons (Fsp3) is 0.588. The summed E-state index contributed by atoms with van der Waals surface area (Å²) >= 11 is 0. The van der Waals surface area contributed by atoms with Crippen LogP contribution in [0.2, 0.25) is 0 Å². The summed E-state index contributed by atoms with van der Waals surface area (Å²) in [5.41, 5.74) is 2.63. The van der Waals surface area contributed by atoms with Crippen molar-refractivity contribution >= 4 is 5.97 Å². The Hall–Kier alpha value is -1.39. The van der Waals surface area contributed by atoms with Crippen molar-refractivity contribution in [3.05, 3.63) is 34.9 Å². The van der Waals surface area contributed by atoms with Gasteiger partial charge in [0.1, 0.15) is 0 Å². The monoisotopic (exact) mass is 289 g/mol. The van der Waals surface area contributed by atoms with Crippen LogP contribution in [-0.2, 0) is 17.7 Å². The number of rotatable bonds is 3. The van der Waals surface area contributed by atoms with E-state index in [0.717, 1.165) is 50.0 Å². The minimum absolute atomic E-state index is 0.00877. The van der Waals surface area contributed by atoms with Gasteiger partial charge in [-0.25, -0.2) is 4.79 Å². The fourth-order valence-electron chi connectivity index (χ4n) is 3.52. The van der Waals surface area contributed by atoms with E-state index in [1.807, 2.05) is 12.1 Å². The molecule has 2 aliphatic heterocycles. The van der Waals surface area contributed by atoms with Crippen molar-refractivity contribution in [1.29, 1.82) is 0 Å². The Morgan fingerprint density at radius 1 is 1.48 bits per heavy atom. The summed E-state index contributed by atoms with van der Waals surface area (Å²) in [6.45, 7) is 6.99. The van der Waals surface area contributed by atoms with E-state index < -0.39 is 5.97 Å². The Morgan fingerprint density at radius 3 is 2.95 bits per heavy atom. The summed E-state index contributed by atoms with van der Waals surface area (Å²) in [7, 11) is 0. The fourth-order valence-corrected chi connectivity index (χ4v) is 3.52. The predicted molar refractivity (Wildman–Crippen MR) is 80.6 cm³/mol. The molecular formula is C17H23NO3. The van der Waals surface area contributed by atoms with E-state index in [-0.39, 0.29) is 5.60 Å². The molecular weight excluding hydrogens is 266 g/mol. The third-order valence-electron chi connectivity index (χ3n) is 4.59. The quantitative estimate of drug-likeness (QED) is 0.929. The van der Waals surface area contributed by atoms with Gasteiger partial charge in [-0.05, 0) is 50.3 Å². The van der Waals surface area contributed by atoms with Gasteiger partial charge < -0.3 is 9.84 Å². The smallest absolute Gasteiger partial charge is 0.335 e. The number of benzene rings is 1. The van der Waals surface area contributed by atoms with E-state index in [2.05, 4.69) is 18.7 Å². The summed E-state index contributed by atoms with van der Waals surface area (Å²) in [5.74, 6) is -0.818. The normalized spacial score (nSPS) is 24.8. The van der Waals surface area contributed by atoms with Gasteiger partial charge in [0.25, 0.3) is 0 Å². The second kappa shape index (κ2) is 5.43. The highest BCUT2D eigenvalue weighted by Gasteiger charge is 2.33. The van der Waals surface area contributed by atoms with Crippen molar-refractivity contribution in [1.82, 2.24) is 4.90 Å². The molecule has 0 radical (unpaired) electrons. The van der Waals surface area contributed by atoms with Crippen LogP contribution in [-0.4, -0.2) is 40.8 Å². The van der Waals surface area contributed by atoms with Gasteiger partial charge in [-0.2, -0.15) is 0 Å². The molecule has 1 atom stereocenters. The summed E-state index contributed by atoms with van der Waals surface area (Å²) in [6.07, 6.45) is 3.36. The zero-order valence-electron chi connectivity index (χ0n) is 12.8. The molecule has 3 rings (SSSR count). The molecule has 0 aromatic heterocycles. The number of ether oxygens (including phenoxy) is 1. The maximum absolute atomic E-state index is 11.3. The summed E-state index contributed by atoms with van der Waals surface area (Å²) in [4.78, 5) is 13.7. The van der Waals surface area contributed by atoms with Gasteiger partial charge in [0, 0.05) is 19.6 Å². The second-order valence-electron chi connectivity index (χ2n) is 6.77. The highest BCUT2D eigenvalue weighted by Crippen LogP contribution is 2.31. The van der Waals surface area contributed by atoms with Gasteiger partial charge >= 0.3 is 5.97 Å². The van der Waals surface area contributed by atoms with E-state index in [4.69, 9.17) is 4.74 Å². The molecule has 2 aliphatic rings. The first-order valence-corrected chi connectivity index (χ1v) is 7.69. The number of nitrogens with zero attached hydrogens (tertiary/aromatic N) is 1. The molecule has 1 N–H and O–H groups in total. The Morgan fingerprint density at radius 2 is 2.29 bits per heavy atom. The minimum Gasteiger partial charge on any atom is -0.478 e. The van der Waals surface area contributed by atoms with Crippen LogP contribution in [0, 0.1) is 0 Å². The van der Waals surface area contributed by atoms with E-state index in [1.54, 1.807) is 6.07 Å². The third kappa shape index (κ3) is 3.11. The second-order valence-corrected chi connectivity index (χ2v) is 6.77. The molecule has 1 fully saturated rings. The molecule has 4 heteroatoms. The predicted octanol–water partition coefficient (Wildman–Crippen LogP) is 2.70. The third-order valence-corrected chi connectivity index (χ3v) is 4.59. The van der Waals surface area contributed by atoms with Crippen molar-refractivity contribution in [3.8, 4) is 0 Å². The van der Waals surface area contributed by atoms with E-state index >= 15 is 0 Å². The lowest BCUT2D eigenvalue weighted by atomic mass is 9.94. The van der Waals surface area contributed by atoms with E-state index in [0.29, 0.717) is 11.7 Å². The van der Waals surface area contributed by atoms with Crippen LogP contribution in [0.3, 0.4) is 0 Å². The average Bonchev–Trinajstić information content (AvgIpc) is 2.76. The van der Waals surface area contributed by atoms with Gasteiger partial charge in [0.05, 0.1) is 17.3 Å². The molecule has 1 unspecified atom stereocenters. The average molecular weight is 289 g/mol. The van der Waals surface area contributed by atoms with Crippen LogP contribution < -0.4 is 0 Å². The number of carboxylic acids is 1. The van der Waals surface area contributed by atoms with Crippen LogP contribution in [0.1, 0.15) is 48.2 Å². The van der Waals surface area contributed by atoms with Gasteiger partial charge in [0.15, 0.2) is 0 Å². The van der Waals surface area contributed by atoms with Crippen molar-refractivity contribution in [2.75, 3.05) is 13.1 Å². The molecule has 1 aromatic carbocycles. The first-order chi connectivity index (χ1) is 9.94. The SMILES string of the molecule is CC1(C)CCC(CN2CCc3c(cccc3C(=O)O)C2)O1. The zero-order chi connectivity index (χ0) is 15.0. The van der Waals surface area contributed by atoms with Crippen LogP contribution in [0.5, 0.6) is 0 Å². The van der Waals surface area contributed by atoms with Crippen LogP contribution in [0.25, 0.3) is 0 Å². The first-order valence-electron chi connectivity index (χ1n) is 7.69. The summed E-state index contributed by atoms with van der Waals surface area (Å²) in [5, 5.41) is 9.26. The lowest BCUT2D eigenvalue weighted by Gasteiger charge is -2.31. The minimum atomic E-state index is -0.818. The molecule has 21 heavy (non-hydrogen) atoms. The van der Waals surface area contributed by atoms with Gasteiger partial charge in [-0.1, -0.05) is 12.1 Å². The number of carboxylic acid groups (broad SMARTS) is 1. The Bertz CT molecular complexity index is 553. The van der Waals surface area contributed by atoms with Crippen molar-refractivity contribution < 1.29 is 14.6 Å². The first kappa shape index (κ1) is 14.5. The number of aromatic carboxylic acids is 1. The zero-order valence-corrected chi connectivity index (χ0v) is 12.8. The molecule has 0 amide bonds. The van der Waals surface area contributed by atoms with Gasteiger partial charge in [-0.15, -0.1) is 0 Å². The molecule has 0 saturated carbocycles. The molecule has 114 valence electrons. The molecule has 1 aromatic rings. The lowest BCUT2D eigenvalue weighted by molar-refractivity contribution is -0.0301. The van der Waals surface area contributed by atoms with Crippen molar-refractivity contribution in [2.45, 2.75) is 51.4 Å². The van der Waals surface area contributed by atoms with E-state index in [9.17, 15) is 9.90 Å². The highest BCUT2D eigenvalue weighted by molar-refractivity contribution is 5.89. The largest absolute Gasteiger partial charge is 0.478 e. The lowest BCUT2D eigenvalue weighted by Crippen LogP contribution is -2.37. The van der Waals surface area contributed by atoms with Crippen molar-refractivity contribution in [2.24, 2.45) is 0 Å². The molecule has 0 aliphatic carbocycles. The van der Waals surface area contributed by atoms with Crippen LogP contribution in [0.4, 0.5) is 0 Å². The topological polar surface area (TPSA) is 49.8 Å². The standard InChI is InChI=1S/C17H23NO3/c1-17(2)8-6-13(21-17)11-18-9-7-14-12(10-18)4-3-5-15(14)16(19)20/h3-5,13H,6-11H2,1-2H3,(H,19,20). The Kier molecular flexibility index (Phi) is 3.76. The Balaban J connectivity index is 1.68. The van der Waals surface area contributed by atoms with Crippen LogP contribution in [0.15, 0.2) is 18.2 Å². The molecule has 4 nitrogen and oxygen atoms in total. The molecule has 1 saturated heterocycles. The maximum Gasteiger partial charge on any atom is 0.335 e. The number of carbonyl (C=O) groups is 1.